The highest BCUT2D eigenvalue weighted by Crippen LogP contribution is 2.27. The fourth-order valence-electron chi connectivity index (χ4n) is 4.66. The molecule has 0 heterocycles. The molecular formula is C31H33FN2O5S. The number of likely N-dealkylation sites (N-methyl/N-ethyl adjacent to an activating group) is 1. The van der Waals surface area contributed by atoms with Crippen molar-refractivity contribution in [2.45, 2.75) is 36.8 Å². The summed E-state index contributed by atoms with van der Waals surface area (Å²) in [5, 5.41) is 25.4. The fourth-order valence-corrected chi connectivity index (χ4v) is 5.92. The van der Waals surface area contributed by atoms with Crippen LogP contribution in [-0.2, 0) is 16.4 Å². The quantitative estimate of drug-likeness (QED) is 0.238. The van der Waals surface area contributed by atoms with Crippen LogP contribution in [0.15, 0.2) is 89.8 Å². The number of carbonyl (C=O) groups is 1. The average Bonchev–Trinajstić information content (AvgIpc) is 2.91. The number of sulfonamides is 1. The van der Waals surface area contributed by atoms with E-state index in [1.54, 1.807) is 6.07 Å². The van der Waals surface area contributed by atoms with E-state index in [-0.39, 0.29) is 34.7 Å². The van der Waals surface area contributed by atoms with Gasteiger partial charge in [0, 0.05) is 31.2 Å². The zero-order valence-corrected chi connectivity index (χ0v) is 23.5. The average molecular weight is 565 g/mol. The number of carboxylic acid groups (broad SMARTS) is 1. The molecule has 210 valence electrons. The van der Waals surface area contributed by atoms with Crippen LogP contribution >= 0.6 is 0 Å². The second-order valence-corrected chi connectivity index (χ2v) is 12.6. The number of nitrogens with zero attached hydrogens (tertiary/aromatic N) is 1. The first-order valence-corrected chi connectivity index (χ1v) is 14.3. The van der Waals surface area contributed by atoms with Gasteiger partial charge in [-0.1, -0.05) is 60.7 Å². The van der Waals surface area contributed by atoms with E-state index in [9.17, 15) is 22.7 Å². The summed E-state index contributed by atoms with van der Waals surface area (Å²) in [6, 6.07) is 23.7. The van der Waals surface area contributed by atoms with Crippen LogP contribution in [0.3, 0.4) is 0 Å². The minimum atomic E-state index is -3.99. The van der Waals surface area contributed by atoms with Crippen LogP contribution in [0.1, 0.15) is 29.8 Å². The molecule has 0 unspecified atom stereocenters. The summed E-state index contributed by atoms with van der Waals surface area (Å²) in [6.45, 7) is 4.10. The van der Waals surface area contributed by atoms with Gasteiger partial charge in [0.2, 0.25) is 10.0 Å². The molecule has 1 atom stereocenters. The third kappa shape index (κ3) is 6.92. The summed E-state index contributed by atoms with van der Waals surface area (Å²) >= 11 is 0. The van der Waals surface area contributed by atoms with Gasteiger partial charge in [-0.3, -0.25) is 0 Å². The highest BCUT2D eigenvalue weighted by molar-refractivity contribution is 7.89. The second kappa shape index (κ2) is 11.9. The van der Waals surface area contributed by atoms with Gasteiger partial charge in [-0.2, -0.15) is 4.31 Å². The molecule has 0 saturated heterocycles. The summed E-state index contributed by atoms with van der Waals surface area (Å²) < 4.78 is 42.2. The van der Waals surface area contributed by atoms with Crippen molar-refractivity contribution in [1.82, 2.24) is 9.62 Å². The summed E-state index contributed by atoms with van der Waals surface area (Å²) in [6.07, 6.45) is -0.255. The molecule has 9 heteroatoms. The molecule has 0 aliphatic heterocycles. The Labute approximate surface area is 233 Å². The number of benzene rings is 4. The van der Waals surface area contributed by atoms with Gasteiger partial charge >= 0.3 is 5.97 Å². The Morgan fingerprint density at radius 1 is 0.975 bits per heavy atom. The first-order chi connectivity index (χ1) is 18.9. The lowest BCUT2D eigenvalue weighted by molar-refractivity contribution is 0.0696. The lowest BCUT2D eigenvalue weighted by atomic mass is 9.93. The molecule has 0 aromatic heterocycles. The van der Waals surface area contributed by atoms with E-state index in [1.165, 1.54) is 42.8 Å². The van der Waals surface area contributed by atoms with E-state index < -0.39 is 27.9 Å². The first kappa shape index (κ1) is 29.4. The van der Waals surface area contributed by atoms with E-state index in [1.807, 2.05) is 26.0 Å². The molecule has 3 N–H and O–H groups in total. The van der Waals surface area contributed by atoms with Crippen LogP contribution in [0.5, 0.6) is 0 Å². The monoisotopic (exact) mass is 564 g/mol. The van der Waals surface area contributed by atoms with Crippen molar-refractivity contribution in [3.05, 3.63) is 102 Å². The molecule has 0 spiro atoms. The van der Waals surface area contributed by atoms with Crippen LogP contribution in [0.25, 0.3) is 21.9 Å². The molecule has 4 aromatic rings. The Bertz CT molecular complexity index is 1640. The van der Waals surface area contributed by atoms with Crippen LogP contribution < -0.4 is 5.32 Å². The highest BCUT2D eigenvalue weighted by Gasteiger charge is 2.25. The Hall–Kier alpha value is -3.63. The third-order valence-electron chi connectivity index (χ3n) is 6.81. The SMILES string of the molecule is CN(C[C@H](O)CNC(C)(C)Cc1ccc2ccccc2c1)S(=O)(=O)c1cccc(-c2ccc(C(=O)O)cc2F)c1. The minimum absolute atomic E-state index is 0.0639. The van der Waals surface area contributed by atoms with Crippen LogP contribution in [0, 0.1) is 5.82 Å². The maximum atomic E-state index is 14.6. The van der Waals surface area contributed by atoms with Crippen LogP contribution in [0.2, 0.25) is 0 Å². The summed E-state index contributed by atoms with van der Waals surface area (Å²) in [5.41, 5.74) is 0.978. The van der Waals surface area contributed by atoms with Crippen LogP contribution in [0.4, 0.5) is 4.39 Å². The van der Waals surface area contributed by atoms with Gasteiger partial charge in [-0.15, -0.1) is 0 Å². The number of aromatic carboxylic acids is 1. The van der Waals surface area contributed by atoms with Gasteiger partial charge in [0.1, 0.15) is 5.82 Å². The zero-order valence-electron chi connectivity index (χ0n) is 22.6. The lowest BCUT2D eigenvalue weighted by Gasteiger charge is -2.29. The Morgan fingerprint density at radius 3 is 2.40 bits per heavy atom. The van der Waals surface area contributed by atoms with E-state index in [2.05, 4.69) is 35.6 Å². The maximum absolute atomic E-state index is 14.6. The topological polar surface area (TPSA) is 107 Å². The molecule has 4 rings (SSSR count). The Balaban J connectivity index is 1.39. The smallest absolute Gasteiger partial charge is 0.335 e. The van der Waals surface area contributed by atoms with Crippen molar-refractivity contribution < 1.29 is 27.8 Å². The number of aliphatic hydroxyl groups is 1. The highest BCUT2D eigenvalue weighted by atomic mass is 32.2. The molecule has 7 nitrogen and oxygen atoms in total. The number of halogens is 1. The van der Waals surface area contributed by atoms with Crippen molar-refractivity contribution in [3.63, 3.8) is 0 Å². The second-order valence-electron chi connectivity index (χ2n) is 10.6. The van der Waals surface area contributed by atoms with Crippen LogP contribution in [-0.4, -0.2) is 60.7 Å². The Kier molecular flexibility index (Phi) is 8.70. The van der Waals surface area contributed by atoms with Gasteiger partial charge in [-0.25, -0.2) is 17.6 Å². The number of fused-ring (bicyclic) bond motifs is 1. The molecule has 40 heavy (non-hydrogen) atoms. The van der Waals surface area contributed by atoms with Gasteiger partial charge in [0.05, 0.1) is 16.6 Å². The summed E-state index contributed by atoms with van der Waals surface area (Å²) in [5.74, 6) is -2.02. The molecule has 0 aliphatic carbocycles. The number of carboxylic acids is 1. The number of β-amino-alcohol motifs (C(OH)–C–C–N with tert-alkyl or cyclic N) is 1. The van der Waals surface area contributed by atoms with E-state index in [4.69, 9.17) is 5.11 Å². The fraction of sp³-hybridized carbons (Fsp3) is 0.258. The molecular weight excluding hydrogens is 531 g/mol. The first-order valence-electron chi connectivity index (χ1n) is 12.9. The van der Waals surface area contributed by atoms with E-state index >= 15 is 0 Å². The van der Waals surface area contributed by atoms with Crippen molar-refractivity contribution in [2.75, 3.05) is 20.1 Å². The number of hydrogen-bond donors (Lipinski definition) is 3. The van der Waals surface area contributed by atoms with Gasteiger partial charge in [0.15, 0.2) is 0 Å². The number of hydrogen-bond acceptors (Lipinski definition) is 5. The molecule has 0 fully saturated rings. The number of rotatable bonds is 11. The minimum Gasteiger partial charge on any atom is -0.478 e. The predicted molar refractivity (Wildman–Crippen MR) is 154 cm³/mol. The van der Waals surface area contributed by atoms with Crippen molar-refractivity contribution in [2.24, 2.45) is 0 Å². The molecule has 4 aromatic carbocycles. The summed E-state index contributed by atoms with van der Waals surface area (Å²) in [4.78, 5) is 11.0. The molecule has 0 saturated carbocycles. The molecule has 0 radical (unpaired) electrons. The normalized spacial score (nSPS) is 13.1. The maximum Gasteiger partial charge on any atom is 0.335 e. The standard InChI is InChI=1S/C31H33FN2O5S/c1-31(2,18-21-11-12-22-7-4-5-8-23(22)15-21)33-19-26(35)20-34(3)40(38,39)27-10-6-9-24(16-27)28-14-13-25(30(36)37)17-29(28)32/h4-17,26,33,35H,18-20H2,1-3H3,(H,36,37)/t26-/m1/s1. The van der Waals surface area contributed by atoms with Gasteiger partial charge < -0.3 is 15.5 Å². The van der Waals surface area contributed by atoms with Crippen molar-refractivity contribution >= 4 is 26.8 Å². The predicted octanol–water partition coefficient (Wildman–Crippen LogP) is 4.94. The number of aliphatic hydroxyl groups excluding tert-OH is 1. The third-order valence-corrected chi connectivity index (χ3v) is 8.63. The molecule has 0 bridgehead atoms. The summed E-state index contributed by atoms with van der Waals surface area (Å²) in [7, 11) is -2.61. The number of nitrogens with one attached hydrogen (secondary N) is 1. The van der Waals surface area contributed by atoms with Crippen molar-refractivity contribution in [1.29, 1.82) is 0 Å². The van der Waals surface area contributed by atoms with Crippen molar-refractivity contribution in [3.8, 4) is 11.1 Å². The van der Waals surface area contributed by atoms with Gasteiger partial charge in [-0.05, 0) is 66.4 Å². The van der Waals surface area contributed by atoms with E-state index in [0.717, 1.165) is 27.7 Å². The van der Waals surface area contributed by atoms with Gasteiger partial charge in [0.25, 0.3) is 0 Å². The zero-order chi connectivity index (χ0) is 29.1. The molecule has 0 aliphatic rings. The molecule has 0 amide bonds. The largest absolute Gasteiger partial charge is 0.478 e. The van der Waals surface area contributed by atoms with E-state index in [0.29, 0.717) is 5.56 Å². The Morgan fingerprint density at radius 2 is 1.70 bits per heavy atom. The lowest BCUT2D eigenvalue weighted by Crippen LogP contribution is -2.47.